The molecule has 1 heterocycles. The predicted octanol–water partition coefficient (Wildman–Crippen LogP) is 2.98. The molecule has 178 valence electrons. The van der Waals surface area contributed by atoms with E-state index >= 15 is 0 Å². The Balaban J connectivity index is 1.78. The number of para-hydroxylation sites is 1. The van der Waals surface area contributed by atoms with Crippen molar-refractivity contribution in [2.24, 2.45) is 0 Å². The van der Waals surface area contributed by atoms with E-state index in [1.807, 2.05) is 12.1 Å². The van der Waals surface area contributed by atoms with Crippen LogP contribution >= 0.6 is 11.6 Å². The van der Waals surface area contributed by atoms with Crippen molar-refractivity contribution >= 4 is 40.3 Å². The second-order valence-corrected chi connectivity index (χ2v) is 8.08. The van der Waals surface area contributed by atoms with E-state index in [2.05, 4.69) is 15.6 Å². The smallest absolute Gasteiger partial charge is 0.305 e. The molecule has 3 aromatic rings. The summed E-state index contributed by atoms with van der Waals surface area (Å²) in [5, 5.41) is 6.79. The molecule has 9 heteroatoms. The zero-order valence-corrected chi connectivity index (χ0v) is 19.5. The van der Waals surface area contributed by atoms with Gasteiger partial charge in [-0.05, 0) is 49.2 Å². The number of rotatable bonds is 10. The minimum absolute atomic E-state index is 0.105. The van der Waals surface area contributed by atoms with E-state index in [9.17, 15) is 19.2 Å². The molecular formula is C25H26ClN3O5. The molecule has 0 aliphatic rings. The molecule has 3 N–H and O–H groups in total. The first kappa shape index (κ1) is 25.0. The second kappa shape index (κ2) is 12.0. The Hall–Kier alpha value is -3.65. The fraction of sp³-hybridized carbons (Fsp3) is 0.280. The number of esters is 1. The SMILES string of the molecule is CCOC(=O)CCCNC(=O)C(Cc1cc(=O)[nH]c2ccccc12)NC(=O)c1ccc(Cl)cc1. The highest BCUT2D eigenvalue weighted by atomic mass is 35.5. The van der Waals surface area contributed by atoms with Gasteiger partial charge >= 0.3 is 5.97 Å². The number of carbonyl (C=O) groups is 3. The van der Waals surface area contributed by atoms with Gasteiger partial charge in [-0.2, -0.15) is 0 Å². The number of ether oxygens (including phenoxy) is 1. The van der Waals surface area contributed by atoms with Gasteiger partial charge in [0, 0.05) is 46.9 Å². The fourth-order valence-electron chi connectivity index (χ4n) is 3.52. The van der Waals surface area contributed by atoms with Gasteiger partial charge in [0.1, 0.15) is 6.04 Å². The van der Waals surface area contributed by atoms with E-state index in [-0.39, 0.29) is 30.9 Å². The number of aromatic nitrogens is 1. The third-order valence-electron chi connectivity index (χ3n) is 5.15. The van der Waals surface area contributed by atoms with Crippen LogP contribution in [0.1, 0.15) is 35.7 Å². The standard InChI is InChI=1S/C25H26ClN3O5/c1-2-34-23(31)8-5-13-27-25(33)21(29-24(32)16-9-11-18(26)12-10-16)14-17-15-22(30)28-20-7-4-3-6-19(17)20/h3-4,6-7,9-12,15,21H,2,5,8,13-14H2,1H3,(H,27,33)(H,28,30)(H,29,32). The first-order chi connectivity index (χ1) is 16.4. The van der Waals surface area contributed by atoms with Gasteiger partial charge in [0.05, 0.1) is 6.61 Å². The molecule has 2 amide bonds. The topological polar surface area (TPSA) is 117 Å². The second-order valence-electron chi connectivity index (χ2n) is 7.64. The van der Waals surface area contributed by atoms with Crippen LogP contribution in [0.3, 0.4) is 0 Å². The molecule has 0 spiro atoms. The number of aromatic amines is 1. The molecule has 0 fully saturated rings. The van der Waals surface area contributed by atoms with Gasteiger partial charge in [0.25, 0.3) is 5.91 Å². The molecule has 0 saturated carbocycles. The summed E-state index contributed by atoms with van der Waals surface area (Å²) >= 11 is 5.90. The number of hydrogen-bond donors (Lipinski definition) is 3. The Morgan fingerprint density at radius 2 is 1.82 bits per heavy atom. The van der Waals surface area contributed by atoms with E-state index in [0.29, 0.717) is 34.7 Å². The number of fused-ring (bicyclic) bond motifs is 1. The molecule has 0 bridgehead atoms. The van der Waals surface area contributed by atoms with Crippen molar-refractivity contribution in [3.05, 3.63) is 81.1 Å². The van der Waals surface area contributed by atoms with E-state index in [4.69, 9.17) is 16.3 Å². The number of H-pyrrole nitrogens is 1. The molecule has 0 aliphatic heterocycles. The first-order valence-corrected chi connectivity index (χ1v) is 11.4. The summed E-state index contributed by atoms with van der Waals surface area (Å²) in [4.78, 5) is 52.3. The van der Waals surface area contributed by atoms with E-state index < -0.39 is 17.9 Å². The summed E-state index contributed by atoms with van der Waals surface area (Å²) in [6, 6.07) is 14.0. The average Bonchev–Trinajstić information content (AvgIpc) is 2.81. The van der Waals surface area contributed by atoms with E-state index in [1.165, 1.54) is 6.07 Å². The number of pyridine rings is 1. The van der Waals surface area contributed by atoms with Crippen molar-refractivity contribution in [2.45, 2.75) is 32.2 Å². The van der Waals surface area contributed by atoms with Crippen molar-refractivity contribution in [2.75, 3.05) is 13.2 Å². The summed E-state index contributed by atoms with van der Waals surface area (Å²) in [6.45, 7) is 2.27. The van der Waals surface area contributed by atoms with Crippen LogP contribution in [-0.4, -0.2) is 42.0 Å². The summed E-state index contributed by atoms with van der Waals surface area (Å²) in [7, 11) is 0. The molecule has 0 radical (unpaired) electrons. The minimum atomic E-state index is -0.948. The lowest BCUT2D eigenvalue weighted by molar-refractivity contribution is -0.143. The highest BCUT2D eigenvalue weighted by Crippen LogP contribution is 2.17. The molecule has 3 rings (SSSR count). The molecule has 8 nitrogen and oxygen atoms in total. The third kappa shape index (κ3) is 6.92. The largest absolute Gasteiger partial charge is 0.466 e. The van der Waals surface area contributed by atoms with Crippen LogP contribution in [0.25, 0.3) is 10.9 Å². The van der Waals surface area contributed by atoms with Crippen LogP contribution in [0.2, 0.25) is 5.02 Å². The van der Waals surface area contributed by atoms with Crippen molar-refractivity contribution in [1.82, 2.24) is 15.6 Å². The summed E-state index contributed by atoms with van der Waals surface area (Å²) in [6.07, 6.45) is 0.679. The zero-order chi connectivity index (χ0) is 24.5. The lowest BCUT2D eigenvalue weighted by Crippen LogP contribution is -2.48. The predicted molar refractivity (Wildman–Crippen MR) is 130 cm³/mol. The Kier molecular flexibility index (Phi) is 8.81. The highest BCUT2D eigenvalue weighted by molar-refractivity contribution is 6.30. The number of halogens is 1. The maximum Gasteiger partial charge on any atom is 0.305 e. The van der Waals surface area contributed by atoms with Gasteiger partial charge in [0.15, 0.2) is 0 Å². The van der Waals surface area contributed by atoms with Gasteiger partial charge < -0.3 is 20.4 Å². The molecule has 1 atom stereocenters. The average molecular weight is 484 g/mol. The Bertz CT molecular complexity index is 1220. The molecule has 2 aromatic carbocycles. The third-order valence-corrected chi connectivity index (χ3v) is 5.40. The molecule has 0 saturated heterocycles. The molecule has 1 unspecified atom stereocenters. The Morgan fingerprint density at radius 1 is 1.09 bits per heavy atom. The quantitative estimate of drug-likeness (QED) is 0.303. The number of hydrogen-bond acceptors (Lipinski definition) is 5. The number of benzene rings is 2. The highest BCUT2D eigenvalue weighted by Gasteiger charge is 2.23. The number of carbonyl (C=O) groups excluding carboxylic acids is 3. The number of nitrogens with one attached hydrogen (secondary N) is 3. The van der Waals surface area contributed by atoms with Crippen LogP contribution in [-0.2, 0) is 20.7 Å². The Morgan fingerprint density at radius 3 is 2.56 bits per heavy atom. The maximum absolute atomic E-state index is 13.0. The molecule has 1 aromatic heterocycles. The lowest BCUT2D eigenvalue weighted by atomic mass is 10.0. The summed E-state index contributed by atoms with van der Waals surface area (Å²) in [5.74, 6) is -1.20. The van der Waals surface area contributed by atoms with Crippen LogP contribution in [0.5, 0.6) is 0 Å². The van der Waals surface area contributed by atoms with Crippen LogP contribution in [0.4, 0.5) is 0 Å². The van der Waals surface area contributed by atoms with Crippen molar-refractivity contribution in [3.8, 4) is 0 Å². The van der Waals surface area contributed by atoms with Crippen LogP contribution in [0.15, 0.2) is 59.4 Å². The molecular weight excluding hydrogens is 458 g/mol. The monoisotopic (exact) mass is 483 g/mol. The summed E-state index contributed by atoms with van der Waals surface area (Å²) in [5.41, 5.74) is 1.32. The van der Waals surface area contributed by atoms with Crippen LogP contribution < -0.4 is 16.2 Å². The molecule has 0 aliphatic carbocycles. The minimum Gasteiger partial charge on any atom is -0.466 e. The Labute approximate surface area is 201 Å². The van der Waals surface area contributed by atoms with E-state index in [0.717, 1.165) is 5.39 Å². The van der Waals surface area contributed by atoms with Gasteiger partial charge in [-0.15, -0.1) is 0 Å². The number of amides is 2. The normalized spacial score (nSPS) is 11.6. The van der Waals surface area contributed by atoms with Gasteiger partial charge in [-0.1, -0.05) is 29.8 Å². The van der Waals surface area contributed by atoms with Crippen LogP contribution in [0, 0.1) is 0 Å². The van der Waals surface area contributed by atoms with Gasteiger partial charge in [-0.3, -0.25) is 19.2 Å². The van der Waals surface area contributed by atoms with Gasteiger partial charge in [0.2, 0.25) is 11.5 Å². The fourth-order valence-corrected chi connectivity index (χ4v) is 3.64. The molecule has 34 heavy (non-hydrogen) atoms. The first-order valence-electron chi connectivity index (χ1n) is 11.0. The maximum atomic E-state index is 13.0. The van der Waals surface area contributed by atoms with Gasteiger partial charge in [-0.25, -0.2) is 0 Å². The lowest BCUT2D eigenvalue weighted by Gasteiger charge is -2.19. The summed E-state index contributed by atoms with van der Waals surface area (Å²) < 4.78 is 4.89. The van der Waals surface area contributed by atoms with Crippen molar-refractivity contribution in [3.63, 3.8) is 0 Å². The zero-order valence-electron chi connectivity index (χ0n) is 18.7. The van der Waals surface area contributed by atoms with Crippen molar-refractivity contribution in [1.29, 1.82) is 0 Å². The van der Waals surface area contributed by atoms with E-state index in [1.54, 1.807) is 43.3 Å². The van der Waals surface area contributed by atoms with Crippen molar-refractivity contribution < 1.29 is 19.1 Å².